The van der Waals surface area contributed by atoms with Gasteiger partial charge in [0, 0.05) is 39.6 Å². The molecule has 0 heterocycles. The monoisotopic (exact) mass is 231 g/mol. The molecule has 0 rings (SSSR count). The van der Waals surface area contributed by atoms with Gasteiger partial charge in [0.05, 0.1) is 4.99 Å². The van der Waals surface area contributed by atoms with E-state index in [1.54, 1.807) is 19.0 Å². The number of carbonyl (C=O) groups excluding carboxylic acids is 1. The Morgan fingerprint density at radius 2 is 1.93 bits per heavy atom. The fraction of sp³-hybridized carbons (Fsp3) is 0.800. The van der Waals surface area contributed by atoms with E-state index in [0.29, 0.717) is 30.5 Å². The van der Waals surface area contributed by atoms with Crippen molar-refractivity contribution in [1.82, 2.24) is 9.80 Å². The molecule has 1 amide bonds. The summed E-state index contributed by atoms with van der Waals surface area (Å²) in [6, 6.07) is 0.349. The Kier molecular flexibility index (Phi) is 6.43. The fourth-order valence-corrected chi connectivity index (χ4v) is 1.35. The minimum Gasteiger partial charge on any atom is -0.392 e. The molecule has 2 N–H and O–H groups in total. The number of hydrogen-bond donors (Lipinski definition) is 1. The van der Waals surface area contributed by atoms with E-state index in [9.17, 15) is 4.79 Å². The molecule has 4 nitrogen and oxygen atoms in total. The smallest absolute Gasteiger partial charge is 0.223 e. The van der Waals surface area contributed by atoms with Crippen molar-refractivity contribution in [3.8, 4) is 0 Å². The van der Waals surface area contributed by atoms with Crippen molar-refractivity contribution in [3.63, 3.8) is 0 Å². The van der Waals surface area contributed by atoms with Crippen LogP contribution in [0.3, 0.4) is 0 Å². The molecule has 0 unspecified atom stereocenters. The highest BCUT2D eigenvalue weighted by atomic mass is 32.1. The molecule has 0 saturated heterocycles. The van der Waals surface area contributed by atoms with Gasteiger partial charge in [-0.1, -0.05) is 12.2 Å². The summed E-state index contributed by atoms with van der Waals surface area (Å²) in [5.74, 6) is 0.128. The number of carbonyl (C=O) groups is 1. The van der Waals surface area contributed by atoms with E-state index in [4.69, 9.17) is 18.0 Å². The quantitative estimate of drug-likeness (QED) is 0.675. The predicted molar refractivity (Wildman–Crippen MR) is 66.8 cm³/mol. The number of amides is 1. The molecule has 0 spiro atoms. The van der Waals surface area contributed by atoms with E-state index < -0.39 is 0 Å². The lowest BCUT2D eigenvalue weighted by Gasteiger charge is -2.26. The molecule has 0 radical (unpaired) electrons. The SMILES string of the molecule is CC(C)N(CCC(=O)N(C)C)CC(N)=S. The maximum absolute atomic E-state index is 11.4. The molecular formula is C10H21N3OS. The minimum absolute atomic E-state index is 0.128. The molecule has 88 valence electrons. The summed E-state index contributed by atoms with van der Waals surface area (Å²) in [4.78, 5) is 15.6. The molecule has 0 aromatic carbocycles. The van der Waals surface area contributed by atoms with Crippen molar-refractivity contribution < 1.29 is 4.79 Å². The molecule has 15 heavy (non-hydrogen) atoms. The van der Waals surface area contributed by atoms with Crippen LogP contribution in [0.2, 0.25) is 0 Å². The van der Waals surface area contributed by atoms with Crippen LogP contribution in [0.5, 0.6) is 0 Å². The zero-order chi connectivity index (χ0) is 12.0. The molecule has 5 heteroatoms. The Morgan fingerprint density at radius 1 is 1.40 bits per heavy atom. The van der Waals surface area contributed by atoms with E-state index in [1.165, 1.54) is 0 Å². The van der Waals surface area contributed by atoms with Crippen LogP contribution in [-0.2, 0) is 4.79 Å². The number of hydrogen-bond acceptors (Lipinski definition) is 3. The second-order valence-corrected chi connectivity index (χ2v) is 4.59. The Morgan fingerprint density at radius 3 is 2.27 bits per heavy atom. The summed E-state index contributed by atoms with van der Waals surface area (Å²) in [6.45, 7) is 5.41. The number of nitrogens with two attached hydrogens (primary N) is 1. The van der Waals surface area contributed by atoms with Gasteiger partial charge in [0.1, 0.15) is 0 Å². The normalized spacial score (nSPS) is 10.8. The highest BCUT2D eigenvalue weighted by Gasteiger charge is 2.13. The van der Waals surface area contributed by atoms with Crippen molar-refractivity contribution in [2.45, 2.75) is 26.3 Å². The van der Waals surface area contributed by atoms with Crippen LogP contribution < -0.4 is 5.73 Å². The van der Waals surface area contributed by atoms with Gasteiger partial charge in [-0.05, 0) is 13.8 Å². The third kappa shape index (κ3) is 6.41. The van der Waals surface area contributed by atoms with E-state index in [0.717, 1.165) is 0 Å². The summed E-state index contributed by atoms with van der Waals surface area (Å²) in [5, 5.41) is 0. The van der Waals surface area contributed by atoms with Gasteiger partial charge in [-0.25, -0.2) is 0 Å². The molecule has 0 aliphatic carbocycles. The Bertz CT molecular complexity index is 229. The van der Waals surface area contributed by atoms with Crippen molar-refractivity contribution in [2.24, 2.45) is 5.73 Å². The Hall–Kier alpha value is -0.680. The standard InChI is InChI=1S/C10H21N3OS/c1-8(2)13(7-9(11)15)6-5-10(14)12(3)4/h8H,5-7H2,1-4H3,(H2,11,15). The highest BCUT2D eigenvalue weighted by molar-refractivity contribution is 7.80. The van der Waals surface area contributed by atoms with Gasteiger partial charge < -0.3 is 10.6 Å². The number of nitrogens with zero attached hydrogens (tertiary/aromatic N) is 2. The molecular weight excluding hydrogens is 210 g/mol. The lowest BCUT2D eigenvalue weighted by atomic mass is 10.2. The summed E-state index contributed by atoms with van der Waals surface area (Å²) < 4.78 is 0. The molecule has 0 aliphatic heterocycles. The van der Waals surface area contributed by atoms with Gasteiger partial charge >= 0.3 is 0 Å². The first kappa shape index (κ1) is 14.3. The molecule has 0 aliphatic rings. The predicted octanol–water partition coefficient (Wildman–Crippen LogP) is 0.461. The highest BCUT2D eigenvalue weighted by Crippen LogP contribution is 2.00. The van der Waals surface area contributed by atoms with E-state index in [-0.39, 0.29) is 5.91 Å². The fourth-order valence-electron chi connectivity index (χ4n) is 1.18. The first-order valence-corrected chi connectivity index (χ1v) is 5.48. The molecule has 0 aromatic rings. The minimum atomic E-state index is 0.128. The first-order valence-electron chi connectivity index (χ1n) is 5.07. The van der Waals surface area contributed by atoms with Gasteiger partial charge in [0.15, 0.2) is 0 Å². The van der Waals surface area contributed by atoms with Crippen LogP contribution in [0, 0.1) is 0 Å². The van der Waals surface area contributed by atoms with Gasteiger partial charge in [-0.3, -0.25) is 9.69 Å². The second kappa shape index (κ2) is 6.74. The summed E-state index contributed by atoms with van der Waals surface area (Å²) in [5.41, 5.74) is 5.49. The molecule has 0 aromatic heterocycles. The number of rotatable bonds is 6. The molecule has 0 saturated carbocycles. The molecule has 0 atom stereocenters. The first-order chi connectivity index (χ1) is 6.84. The maximum atomic E-state index is 11.4. The zero-order valence-electron chi connectivity index (χ0n) is 9.99. The van der Waals surface area contributed by atoms with Crippen LogP contribution >= 0.6 is 12.2 Å². The zero-order valence-corrected chi connectivity index (χ0v) is 10.8. The topological polar surface area (TPSA) is 49.6 Å². The van der Waals surface area contributed by atoms with Crippen molar-refractivity contribution in [1.29, 1.82) is 0 Å². The summed E-state index contributed by atoms with van der Waals surface area (Å²) in [6.07, 6.45) is 0.508. The lowest BCUT2D eigenvalue weighted by Crippen LogP contribution is -2.40. The van der Waals surface area contributed by atoms with Gasteiger partial charge in [0.2, 0.25) is 5.91 Å². The van der Waals surface area contributed by atoms with Crippen molar-refractivity contribution in [2.75, 3.05) is 27.2 Å². The van der Waals surface area contributed by atoms with Crippen molar-refractivity contribution in [3.05, 3.63) is 0 Å². The number of thiocarbonyl (C=S) groups is 1. The van der Waals surface area contributed by atoms with Crippen LogP contribution in [0.4, 0.5) is 0 Å². The van der Waals surface area contributed by atoms with E-state index >= 15 is 0 Å². The van der Waals surface area contributed by atoms with Crippen LogP contribution in [0.15, 0.2) is 0 Å². The average molecular weight is 231 g/mol. The van der Waals surface area contributed by atoms with E-state index in [2.05, 4.69) is 18.7 Å². The molecule has 0 bridgehead atoms. The van der Waals surface area contributed by atoms with E-state index in [1.807, 2.05) is 0 Å². The third-order valence-corrected chi connectivity index (χ3v) is 2.33. The maximum Gasteiger partial charge on any atom is 0.223 e. The van der Waals surface area contributed by atoms with Crippen LogP contribution in [0.25, 0.3) is 0 Å². The average Bonchev–Trinajstić information content (AvgIpc) is 2.10. The summed E-state index contributed by atoms with van der Waals surface area (Å²) >= 11 is 4.86. The lowest BCUT2D eigenvalue weighted by molar-refractivity contribution is -0.129. The third-order valence-electron chi connectivity index (χ3n) is 2.20. The largest absolute Gasteiger partial charge is 0.392 e. The Labute approximate surface area is 97.4 Å². The Balaban J connectivity index is 4.07. The molecule has 0 fully saturated rings. The van der Waals surface area contributed by atoms with Gasteiger partial charge in [-0.15, -0.1) is 0 Å². The van der Waals surface area contributed by atoms with Gasteiger partial charge in [0.25, 0.3) is 0 Å². The summed E-state index contributed by atoms with van der Waals surface area (Å²) in [7, 11) is 3.52. The van der Waals surface area contributed by atoms with Crippen LogP contribution in [0.1, 0.15) is 20.3 Å². The van der Waals surface area contributed by atoms with Crippen LogP contribution in [-0.4, -0.2) is 53.9 Å². The van der Waals surface area contributed by atoms with Gasteiger partial charge in [-0.2, -0.15) is 0 Å². The second-order valence-electron chi connectivity index (χ2n) is 4.07. The van der Waals surface area contributed by atoms with Crippen molar-refractivity contribution >= 4 is 23.1 Å².